The van der Waals surface area contributed by atoms with Gasteiger partial charge in [0.1, 0.15) is 0 Å². The molecule has 6 nitrogen and oxygen atoms in total. The maximum atomic E-state index is 12.0. The Bertz CT molecular complexity index is 324. The molecule has 0 rings (SSSR count). The van der Waals surface area contributed by atoms with Crippen molar-refractivity contribution in [2.75, 3.05) is 41.3 Å². The van der Waals surface area contributed by atoms with Gasteiger partial charge >= 0.3 is 0 Å². The van der Waals surface area contributed by atoms with E-state index in [9.17, 15) is 9.59 Å². The lowest BCUT2D eigenvalue weighted by molar-refractivity contribution is -0.129. The Hall–Kier alpha value is -1.14. The van der Waals surface area contributed by atoms with Gasteiger partial charge in [0.05, 0.1) is 12.1 Å². The minimum Gasteiger partial charge on any atom is -0.358 e. The summed E-state index contributed by atoms with van der Waals surface area (Å²) in [6.07, 6.45) is 0. The van der Waals surface area contributed by atoms with Gasteiger partial charge in [-0.2, -0.15) is 0 Å². The lowest BCUT2D eigenvalue weighted by Gasteiger charge is -2.34. The maximum Gasteiger partial charge on any atom is 0.237 e. The molecule has 0 aliphatic heterocycles. The second-order valence-corrected chi connectivity index (χ2v) is 6.57. The highest BCUT2D eigenvalue weighted by atomic mass is 16.2. The van der Waals surface area contributed by atoms with Crippen molar-refractivity contribution in [2.45, 2.75) is 39.8 Å². The molecule has 2 amide bonds. The third kappa shape index (κ3) is 5.93. The number of carbonyl (C=O) groups is 2. The monoisotopic (exact) mass is 314 g/mol. The first-order valence-corrected chi connectivity index (χ1v) is 8.00. The number of rotatable bonds is 9. The Morgan fingerprint density at radius 3 is 1.23 bits per heavy atom. The van der Waals surface area contributed by atoms with Gasteiger partial charge in [-0.25, -0.2) is 0 Å². The van der Waals surface area contributed by atoms with E-state index in [-0.39, 0.29) is 35.7 Å². The predicted molar refractivity (Wildman–Crippen MR) is 90.6 cm³/mol. The normalized spacial score (nSPS) is 14.5. The van der Waals surface area contributed by atoms with Crippen LogP contribution in [-0.2, 0) is 9.59 Å². The van der Waals surface area contributed by atoms with Gasteiger partial charge in [0, 0.05) is 27.2 Å². The smallest absolute Gasteiger partial charge is 0.237 e. The molecule has 0 radical (unpaired) electrons. The Labute approximate surface area is 135 Å². The van der Waals surface area contributed by atoms with Crippen LogP contribution in [0.2, 0.25) is 0 Å². The van der Waals surface area contributed by atoms with Crippen molar-refractivity contribution in [1.29, 1.82) is 0 Å². The van der Waals surface area contributed by atoms with E-state index in [1.165, 1.54) is 0 Å². The minimum absolute atomic E-state index is 0.0341. The van der Waals surface area contributed by atoms with Crippen molar-refractivity contribution in [3.8, 4) is 0 Å². The first kappa shape index (κ1) is 20.9. The van der Waals surface area contributed by atoms with Crippen LogP contribution in [0.1, 0.15) is 27.7 Å². The van der Waals surface area contributed by atoms with Crippen LogP contribution < -0.4 is 10.6 Å². The Morgan fingerprint density at radius 2 is 1.05 bits per heavy atom. The van der Waals surface area contributed by atoms with Crippen LogP contribution in [0.15, 0.2) is 0 Å². The standard InChI is InChI=1S/C16H34N4O2/c1-11(2)13(15(21)17-5)19(7)9-10-20(8)14(12(3)4)16(22)18-6/h11-14H,9-10H2,1-8H3,(H,17,21)(H,18,22)/t13-,14-/m0/s1. The molecule has 130 valence electrons. The van der Waals surface area contributed by atoms with Gasteiger partial charge in [-0.05, 0) is 25.9 Å². The zero-order valence-electron chi connectivity index (χ0n) is 15.4. The quantitative estimate of drug-likeness (QED) is 0.646. The van der Waals surface area contributed by atoms with Crippen molar-refractivity contribution in [2.24, 2.45) is 11.8 Å². The van der Waals surface area contributed by atoms with Crippen molar-refractivity contribution in [1.82, 2.24) is 20.4 Å². The van der Waals surface area contributed by atoms with Crippen molar-refractivity contribution in [3.05, 3.63) is 0 Å². The van der Waals surface area contributed by atoms with Gasteiger partial charge in [0.15, 0.2) is 0 Å². The van der Waals surface area contributed by atoms with E-state index >= 15 is 0 Å². The molecule has 6 heteroatoms. The Morgan fingerprint density at radius 1 is 0.773 bits per heavy atom. The molecule has 0 aromatic heterocycles. The summed E-state index contributed by atoms with van der Waals surface area (Å²) < 4.78 is 0. The van der Waals surface area contributed by atoms with Gasteiger partial charge in [-0.3, -0.25) is 19.4 Å². The van der Waals surface area contributed by atoms with E-state index in [0.29, 0.717) is 0 Å². The Kier molecular flexibility index (Phi) is 9.28. The molecule has 0 fully saturated rings. The van der Waals surface area contributed by atoms with E-state index in [4.69, 9.17) is 0 Å². The van der Waals surface area contributed by atoms with Crippen LogP contribution in [0.5, 0.6) is 0 Å². The molecule has 0 bridgehead atoms. The average Bonchev–Trinajstić information content (AvgIpc) is 2.44. The summed E-state index contributed by atoms with van der Waals surface area (Å²) in [5, 5.41) is 5.45. The maximum absolute atomic E-state index is 12.0. The van der Waals surface area contributed by atoms with Crippen LogP contribution in [0.3, 0.4) is 0 Å². The van der Waals surface area contributed by atoms with Crippen LogP contribution in [0.25, 0.3) is 0 Å². The van der Waals surface area contributed by atoms with Gasteiger partial charge in [-0.1, -0.05) is 27.7 Å². The number of nitrogens with zero attached hydrogens (tertiary/aromatic N) is 2. The van der Waals surface area contributed by atoms with Gasteiger partial charge < -0.3 is 10.6 Å². The molecule has 0 aliphatic rings. The minimum atomic E-state index is -0.157. The SMILES string of the molecule is CNC(=O)[C@H](C(C)C)N(C)CCN(C)[C@H](C(=O)NC)C(C)C. The molecule has 22 heavy (non-hydrogen) atoms. The van der Waals surface area contributed by atoms with Crippen molar-refractivity contribution < 1.29 is 9.59 Å². The highest BCUT2D eigenvalue weighted by molar-refractivity contribution is 5.82. The van der Waals surface area contributed by atoms with E-state index in [0.717, 1.165) is 13.1 Å². The summed E-state index contributed by atoms with van der Waals surface area (Å²) in [4.78, 5) is 28.1. The molecule has 0 heterocycles. The van der Waals surface area contributed by atoms with Gasteiger partial charge in [0.2, 0.25) is 11.8 Å². The van der Waals surface area contributed by atoms with Crippen LogP contribution >= 0.6 is 0 Å². The van der Waals surface area contributed by atoms with E-state index in [2.05, 4.69) is 20.4 Å². The third-order valence-corrected chi connectivity index (χ3v) is 4.05. The lowest BCUT2D eigenvalue weighted by Crippen LogP contribution is -2.52. The van der Waals surface area contributed by atoms with E-state index in [1.54, 1.807) is 14.1 Å². The molecular formula is C16H34N4O2. The fourth-order valence-electron chi connectivity index (χ4n) is 2.91. The van der Waals surface area contributed by atoms with Crippen LogP contribution in [0.4, 0.5) is 0 Å². The number of likely N-dealkylation sites (N-methyl/N-ethyl adjacent to an activating group) is 4. The Balaban J connectivity index is 4.75. The number of amides is 2. The van der Waals surface area contributed by atoms with Crippen LogP contribution in [0, 0.1) is 11.8 Å². The highest BCUT2D eigenvalue weighted by Crippen LogP contribution is 2.12. The highest BCUT2D eigenvalue weighted by Gasteiger charge is 2.28. The zero-order valence-corrected chi connectivity index (χ0v) is 15.4. The summed E-state index contributed by atoms with van der Waals surface area (Å²) in [6.45, 7) is 9.63. The topological polar surface area (TPSA) is 64.7 Å². The molecule has 0 unspecified atom stereocenters. The molecular weight excluding hydrogens is 280 g/mol. The summed E-state index contributed by atoms with van der Waals surface area (Å²) in [6, 6.07) is -0.313. The van der Waals surface area contributed by atoms with E-state index < -0.39 is 0 Å². The molecule has 0 spiro atoms. The zero-order chi connectivity index (χ0) is 17.4. The predicted octanol–water partition coefficient (Wildman–Crippen LogP) is 0.391. The summed E-state index contributed by atoms with van der Waals surface area (Å²) >= 11 is 0. The number of hydrogen-bond donors (Lipinski definition) is 2. The fourth-order valence-corrected chi connectivity index (χ4v) is 2.91. The summed E-state index contributed by atoms with van der Waals surface area (Å²) in [7, 11) is 7.24. The molecule has 0 aromatic carbocycles. The van der Waals surface area contributed by atoms with E-state index in [1.807, 2.05) is 41.8 Å². The second-order valence-electron chi connectivity index (χ2n) is 6.57. The number of hydrogen-bond acceptors (Lipinski definition) is 4. The molecule has 0 saturated carbocycles. The summed E-state index contributed by atoms with van der Waals surface area (Å²) in [5.74, 6) is 0.531. The molecule has 2 N–H and O–H groups in total. The first-order valence-electron chi connectivity index (χ1n) is 8.00. The molecule has 0 saturated heterocycles. The lowest BCUT2D eigenvalue weighted by atomic mass is 10.0. The number of carbonyl (C=O) groups excluding carboxylic acids is 2. The molecule has 0 aromatic rings. The van der Waals surface area contributed by atoms with Gasteiger partial charge in [0.25, 0.3) is 0 Å². The van der Waals surface area contributed by atoms with Crippen molar-refractivity contribution in [3.63, 3.8) is 0 Å². The van der Waals surface area contributed by atoms with Crippen LogP contribution in [-0.4, -0.2) is 75.0 Å². The molecule has 0 aliphatic carbocycles. The van der Waals surface area contributed by atoms with Crippen molar-refractivity contribution >= 4 is 11.8 Å². The largest absolute Gasteiger partial charge is 0.358 e. The number of nitrogens with one attached hydrogen (secondary N) is 2. The summed E-state index contributed by atoms with van der Waals surface area (Å²) in [5.41, 5.74) is 0. The van der Waals surface area contributed by atoms with Gasteiger partial charge in [-0.15, -0.1) is 0 Å². The first-order chi connectivity index (χ1) is 10.2. The fraction of sp³-hybridized carbons (Fsp3) is 0.875. The average molecular weight is 314 g/mol. The molecule has 2 atom stereocenters. The third-order valence-electron chi connectivity index (χ3n) is 4.05. The second kappa shape index (κ2) is 9.79.